The highest BCUT2D eigenvalue weighted by atomic mass is 16.1. The second-order valence-electron chi connectivity index (χ2n) is 8.56. The maximum atomic E-state index is 13.2. The van der Waals surface area contributed by atoms with Gasteiger partial charge in [-0.3, -0.25) is 9.69 Å². The van der Waals surface area contributed by atoms with Crippen molar-refractivity contribution in [1.29, 1.82) is 0 Å². The lowest BCUT2D eigenvalue weighted by Gasteiger charge is -2.34. The first kappa shape index (κ1) is 18.5. The fourth-order valence-corrected chi connectivity index (χ4v) is 5.00. The molecule has 7 nitrogen and oxygen atoms in total. The Kier molecular flexibility index (Phi) is 4.91. The smallest absolute Gasteiger partial charge is 0.253 e. The van der Waals surface area contributed by atoms with Crippen LogP contribution < -0.4 is 5.56 Å². The Hall–Kier alpha value is -2.54. The second-order valence-corrected chi connectivity index (χ2v) is 8.56. The molecule has 1 aliphatic heterocycles. The summed E-state index contributed by atoms with van der Waals surface area (Å²) in [5.41, 5.74) is 2.72. The summed E-state index contributed by atoms with van der Waals surface area (Å²) in [7, 11) is 0. The number of nitrogens with zero attached hydrogens (tertiary/aromatic N) is 5. The molecule has 2 aromatic heterocycles. The van der Waals surface area contributed by atoms with Crippen LogP contribution in [0.1, 0.15) is 74.0 Å². The van der Waals surface area contributed by atoms with E-state index in [-0.39, 0.29) is 11.6 Å². The number of hydrogen-bond acceptors (Lipinski definition) is 5. The van der Waals surface area contributed by atoms with E-state index in [0.717, 1.165) is 66.6 Å². The van der Waals surface area contributed by atoms with E-state index in [9.17, 15) is 4.79 Å². The number of aryl methyl sites for hydroxylation is 1. The third kappa shape index (κ3) is 3.48. The minimum atomic E-state index is -0.208. The molecule has 1 saturated carbocycles. The number of piperidine rings is 1. The van der Waals surface area contributed by atoms with Crippen molar-refractivity contribution in [2.45, 2.75) is 64.0 Å². The summed E-state index contributed by atoms with van der Waals surface area (Å²) in [6, 6.07) is 8.37. The summed E-state index contributed by atoms with van der Waals surface area (Å²) in [6.07, 6.45) is 8.18. The summed E-state index contributed by atoms with van der Waals surface area (Å²) in [6.45, 7) is 3.97. The Labute approximate surface area is 170 Å². The lowest BCUT2D eigenvalue weighted by Crippen LogP contribution is -2.38. The third-order valence-corrected chi connectivity index (χ3v) is 6.51. The third-order valence-electron chi connectivity index (χ3n) is 6.51. The van der Waals surface area contributed by atoms with Crippen molar-refractivity contribution in [3.8, 4) is 0 Å². The molecule has 2 fully saturated rings. The summed E-state index contributed by atoms with van der Waals surface area (Å²) in [5.74, 6) is 0.816. The van der Waals surface area contributed by atoms with E-state index in [1.54, 1.807) is 0 Å². The Morgan fingerprint density at radius 2 is 1.86 bits per heavy atom. The van der Waals surface area contributed by atoms with Gasteiger partial charge in [0.15, 0.2) is 5.82 Å². The molecular weight excluding hydrogens is 364 g/mol. The number of hydrogen-bond donors (Lipinski definition) is 1. The highest BCUT2D eigenvalue weighted by Gasteiger charge is 2.33. The van der Waals surface area contributed by atoms with Crippen molar-refractivity contribution < 1.29 is 0 Å². The molecule has 3 heterocycles. The highest BCUT2D eigenvalue weighted by molar-refractivity contribution is 5.79. The fraction of sp³-hybridized carbons (Fsp3) is 0.545. The topological polar surface area (TPSA) is 79.7 Å². The number of rotatable bonds is 4. The van der Waals surface area contributed by atoms with Crippen LogP contribution >= 0.6 is 0 Å². The summed E-state index contributed by atoms with van der Waals surface area (Å²) >= 11 is 0. The molecule has 0 amide bonds. The molecule has 5 rings (SSSR count). The van der Waals surface area contributed by atoms with E-state index in [1.165, 1.54) is 19.3 Å². The minimum absolute atomic E-state index is 0.0420. The van der Waals surface area contributed by atoms with Crippen LogP contribution in [-0.2, 0) is 0 Å². The molecule has 29 heavy (non-hydrogen) atoms. The first-order valence-corrected chi connectivity index (χ1v) is 10.9. The Bertz CT molecular complexity index is 1060. The first-order chi connectivity index (χ1) is 14.2. The zero-order valence-electron chi connectivity index (χ0n) is 17.0. The summed E-state index contributed by atoms with van der Waals surface area (Å²) in [5, 5.41) is 13.9. The van der Waals surface area contributed by atoms with Gasteiger partial charge in [-0.2, -0.15) is 0 Å². The van der Waals surface area contributed by atoms with Gasteiger partial charge in [0, 0.05) is 11.1 Å². The van der Waals surface area contributed by atoms with Gasteiger partial charge in [0.05, 0.1) is 6.04 Å². The maximum Gasteiger partial charge on any atom is 0.253 e. The molecule has 1 N–H and O–H groups in total. The molecule has 0 unspecified atom stereocenters. The van der Waals surface area contributed by atoms with Gasteiger partial charge >= 0.3 is 0 Å². The highest BCUT2D eigenvalue weighted by Crippen LogP contribution is 2.34. The lowest BCUT2D eigenvalue weighted by molar-refractivity contribution is 0.174. The van der Waals surface area contributed by atoms with Crippen molar-refractivity contribution >= 4 is 10.9 Å². The zero-order chi connectivity index (χ0) is 19.8. The zero-order valence-corrected chi connectivity index (χ0v) is 17.0. The van der Waals surface area contributed by atoms with Crippen LogP contribution in [-0.4, -0.2) is 43.2 Å². The van der Waals surface area contributed by atoms with E-state index >= 15 is 0 Å². The maximum absolute atomic E-state index is 13.2. The molecule has 0 bridgehead atoms. The Morgan fingerprint density at radius 3 is 2.66 bits per heavy atom. The summed E-state index contributed by atoms with van der Waals surface area (Å²) in [4.78, 5) is 18.7. The van der Waals surface area contributed by atoms with Gasteiger partial charge in [0.2, 0.25) is 0 Å². The molecule has 1 aliphatic carbocycles. The van der Waals surface area contributed by atoms with Gasteiger partial charge in [0.1, 0.15) is 6.04 Å². The standard InChI is InChI=1S/C22H28N6O/c1-15-9-10-16-14-18(22(29)23-19(16)13-15)20(27-11-5-2-6-12-27)21-24-25-26-28(21)17-7-3-4-8-17/h9-10,13-14,17,20H,2-8,11-12H2,1H3,(H,23,29)/t20-/m1/s1. The molecular formula is C22H28N6O. The predicted molar refractivity (Wildman–Crippen MR) is 112 cm³/mol. The molecule has 7 heteroatoms. The van der Waals surface area contributed by atoms with Gasteiger partial charge < -0.3 is 4.98 Å². The van der Waals surface area contributed by atoms with E-state index in [4.69, 9.17) is 0 Å². The SMILES string of the molecule is Cc1ccc2cc([C@H](c3nnnn3C3CCCC3)N3CCCCC3)c(=O)[nH]c2c1. The van der Waals surface area contributed by atoms with Crippen molar-refractivity contribution in [3.63, 3.8) is 0 Å². The normalized spacial score (nSPS) is 19.8. The number of likely N-dealkylation sites (tertiary alicyclic amines) is 1. The number of H-pyrrole nitrogens is 1. The quantitative estimate of drug-likeness (QED) is 0.735. The number of benzene rings is 1. The van der Waals surface area contributed by atoms with E-state index in [1.807, 2.05) is 23.7 Å². The number of tetrazole rings is 1. The molecule has 0 radical (unpaired) electrons. The minimum Gasteiger partial charge on any atom is -0.322 e. The van der Waals surface area contributed by atoms with Crippen LogP contribution in [0.2, 0.25) is 0 Å². The fourth-order valence-electron chi connectivity index (χ4n) is 5.00. The van der Waals surface area contributed by atoms with Gasteiger partial charge in [-0.05, 0) is 79.2 Å². The van der Waals surface area contributed by atoms with Crippen LogP contribution in [0, 0.1) is 6.92 Å². The molecule has 1 saturated heterocycles. The molecule has 1 aromatic carbocycles. The second kappa shape index (κ2) is 7.71. The Balaban J connectivity index is 1.65. The van der Waals surface area contributed by atoms with Gasteiger partial charge in [-0.25, -0.2) is 4.68 Å². The number of aromatic nitrogens is 5. The van der Waals surface area contributed by atoms with Crippen LogP contribution in [0.3, 0.4) is 0 Å². The molecule has 2 aliphatic rings. The summed E-state index contributed by atoms with van der Waals surface area (Å²) < 4.78 is 2.01. The van der Waals surface area contributed by atoms with Crippen LogP contribution in [0.15, 0.2) is 29.1 Å². The largest absolute Gasteiger partial charge is 0.322 e. The number of fused-ring (bicyclic) bond motifs is 1. The van der Waals surface area contributed by atoms with Crippen LogP contribution in [0.4, 0.5) is 0 Å². The first-order valence-electron chi connectivity index (χ1n) is 10.9. The van der Waals surface area contributed by atoms with Crippen molar-refractivity contribution in [2.24, 2.45) is 0 Å². The van der Waals surface area contributed by atoms with Gasteiger partial charge in [0.25, 0.3) is 5.56 Å². The average molecular weight is 393 g/mol. The van der Waals surface area contributed by atoms with E-state index < -0.39 is 0 Å². The van der Waals surface area contributed by atoms with E-state index in [0.29, 0.717) is 6.04 Å². The molecule has 152 valence electrons. The number of pyridine rings is 1. The van der Waals surface area contributed by atoms with E-state index in [2.05, 4.69) is 37.5 Å². The number of nitrogens with one attached hydrogen (secondary N) is 1. The molecule has 0 spiro atoms. The lowest BCUT2D eigenvalue weighted by atomic mass is 10.00. The monoisotopic (exact) mass is 392 g/mol. The van der Waals surface area contributed by atoms with Crippen LogP contribution in [0.5, 0.6) is 0 Å². The van der Waals surface area contributed by atoms with Crippen molar-refractivity contribution in [3.05, 3.63) is 51.6 Å². The average Bonchev–Trinajstić information content (AvgIpc) is 3.41. The van der Waals surface area contributed by atoms with Gasteiger partial charge in [-0.15, -0.1) is 5.10 Å². The van der Waals surface area contributed by atoms with Crippen LogP contribution in [0.25, 0.3) is 10.9 Å². The predicted octanol–water partition coefficient (Wildman–Crippen LogP) is 3.51. The van der Waals surface area contributed by atoms with Crippen molar-refractivity contribution in [2.75, 3.05) is 13.1 Å². The molecule has 3 aromatic rings. The Morgan fingerprint density at radius 1 is 1.07 bits per heavy atom. The van der Waals surface area contributed by atoms with Gasteiger partial charge in [-0.1, -0.05) is 31.4 Å². The van der Waals surface area contributed by atoms with Crippen molar-refractivity contribution in [1.82, 2.24) is 30.1 Å². The number of aromatic amines is 1. The molecule has 1 atom stereocenters.